The molecule has 1 N–H and O–H groups in total. The second-order valence-electron chi connectivity index (χ2n) is 5.59. The van der Waals surface area contributed by atoms with Crippen LogP contribution in [0.1, 0.15) is 11.1 Å². The first kappa shape index (κ1) is 14.7. The summed E-state index contributed by atoms with van der Waals surface area (Å²) in [4.78, 5) is 4.26. The van der Waals surface area contributed by atoms with Gasteiger partial charge in [-0.2, -0.15) is 5.10 Å². The minimum absolute atomic E-state index is 0.707. The largest absolute Gasteiger partial charge is 0.369 e. The van der Waals surface area contributed by atoms with E-state index in [0.717, 1.165) is 45.8 Å². The molecule has 0 unspecified atom stereocenters. The summed E-state index contributed by atoms with van der Waals surface area (Å²) in [6, 6.07) is 7.91. The Morgan fingerprint density at radius 2 is 2.13 bits per heavy atom. The highest BCUT2D eigenvalue weighted by molar-refractivity contribution is 9.10. The molecule has 2 aromatic heterocycles. The average molecular weight is 390 g/mol. The van der Waals surface area contributed by atoms with E-state index in [0.29, 0.717) is 5.02 Å². The zero-order chi connectivity index (χ0) is 16.0. The van der Waals surface area contributed by atoms with Gasteiger partial charge in [-0.1, -0.05) is 17.7 Å². The Kier molecular flexibility index (Phi) is 3.62. The van der Waals surface area contributed by atoms with Crippen molar-refractivity contribution >= 4 is 33.3 Å². The van der Waals surface area contributed by atoms with Gasteiger partial charge in [0.2, 0.25) is 0 Å². The summed E-state index contributed by atoms with van der Waals surface area (Å²) >= 11 is 9.67. The van der Waals surface area contributed by atoms with Crippen LogP contribution in [0, 0.1) is 6.92 Å². The maximum absolute atomic E-state index is 6.18. The molecule has 0 radical (unpaired) electrons. The van der Waals surface area contributed by atoms with E-state index in [1.54, 1.807) is 6.20 Å². The van der Waals surface area contributed by atoms with Gasteiger partial charge < -0.3 is 5.32 Å². The Morgan fingerprint density at radius 3 is 2.96 bits per heavy atom. The normalized spacial score (nSPS) is 13.0. The van der Waals surface area contributed by atoms with E-state index in [1.165, 1.54) is 5.56 Å². The highest BCUT2D eigenvalue weighted by Crippen LogP contribution is 2.36. The van der Waals surface area contributed by atoms with Crippen molar-refractivity contribution in [3.8, 4) is 16.9 Å². The molecule has 1 aromatic carbocycles. The van der Waals surface area contributed by atoms with Crippen LogP contribution in [0.3, 0.4) is 0 Å². The van der Waals surface area contributed by atoms with E-state index in [1.807, 2.05) is 35.1 Å². The van der Waals surface area contributed by atoms with Crippen LogP contribution in [0.15, 0.2) is 41.1 Å². The third kappa shape index (κ3) is 2.54. The number of aryl methyl sites for hydroxylation is 1. The Morgan fingerprint density at radius 1 is 1.26 bits per heavy atom. The summed E-state index contributed by atoms with van der Waals surface area (Å²) in [5.74, 6) is 1.05. The summed E-state index contributed by atoms with van der Waals surface area (Å²) in [6.45, 7) is 2.98. The van der Waals surface area contributed by atoms with Gasteiger partial charge in [0, 0.05) is 39.6 Å². The maximum atomic E-state index is 6.18. The molecule has 116 valence electrons. The van der Waals surface area contributed by atoms with E-state index in [-0.39, 0.29) is 0 Å². The van der Waals surface area contributed by atoms with E-state index in [4.69, 9.17) is 16.7 Å². The monoisotopic (exact) mass is 388 g/mol. The average Bonchev–Trinajstić information content (AvgIpc) is 3.12. The number of anilines is 1. The van der Waals surface area contributed by atoms with Crippen molar-refractivity contribution in [3.63, 3.8) is 0 Å². The first-order valence-corrected chi connectivity index (χ1v) is 8.54. The SMILES string of the molecule is Cc1ccc(Cl)cc1-n1nc(-c2cncc(Br)c2)c2c1NCC2. The molecule has 0 aliphatic carbocycles. The van der Waals surface area contributed by atoms with Gasteiger partial charge in [0.05, 0.1) is 11.4 Å². The van der Waals surface area contributed by atoms with Gasteiger partial charge in [-0.25, -0.2) is 4.68 Å². The number of fused-ring (bicyclic) bond motifs is 1. The Labute approximate surface area is 147 Å². The van der Waals surface area contributed by atoms with Crippen LogP contribution in [-0.4, -0.2) is 21.3 Å². The number of hydrogen-bond acceptors (Lipinski definition) is 3. The van der Waals surface area contributed by atoms with Crippen LogP contribution in [-0.2, 0) is 6.42 Å². The molecule has 1 aliphatic rings. The summed E-state index contributed by atoms with van der Waals surface area (Å²) in [5.41, 5.74) is 5.34. The second-order valence-corrected chi connectivity index (χ2v) is 6.94. The van der Waals surface area contributed by atoms with E-state index >= 15 is 0 Å². The lowest BCUT2D eigenvalue weighted by Crippen LogP contribution is -2.05. The van der Waals surface area contributed by atoms with Crippen molar-refractivity contribution in [2.75, 3.05) is 11.9 Å². The number of nitrogens with one attached hydrogen (secondary N) is 1. The van der Waals surface area contributed by atoms with Crippen molar-refractivity contribution < 1.29 is 0 Å². The Balaban J connectivity index is 1.93. The van der Waals surface area contributed by atoms with Gasteiger partial charge in [-0.15, -0.1) is 0 Å². The molecule has 23 heavy (non-hydrogen) atoms. The van der Waals surface area contributed by atoms with Gasteiger partial charge in [0.25, 0.3) is 0 Å². The molecular formula is C17H14BrClN4. The van der Waals surface area contributed by atoms with Crippen molar-refractivity contribution in [3.05, 3.63) is 57.3 Å². The molecule has 4 rings (SSSR count). The number of halogens is 2. The molecule has 3 heterocycles. The van der Waals surface area contributed by atoms with Crippen molar-refractivity contribution in [2.24, 2.45) is 0 Å². The number of rotatable bonds is 2. The second kappa shape index (κ2) is 5.65. The fourth-order valence-electron chi connectivity index (χ4n) is 2.93. The molecule has 4 nitrogen and oxygen atoms in total. The molecule has 0 amide bonds. The van der Waals surface area contributed by atoms with Crippen LogP contribution in [0.25, 0.3) is 16.9 Å². The molecule has 0 atom stereocenters. The fraction of sp³-hybridized carbons (Fsp3) is 0.176. The first-order chi connectivity index (χ1) is 11.1. The number of benzene rings is 1. The van der Waals surface area contributed by atoms with Crippen LogP contribution in [0.2, 0.25) is 5.02 Å². The minimum Gasteiger partial charge on any atom is -0.369 e. The minimum atomic E-state index is 0.707. The standard InChI is InChI=1S/C17H14BrClN4/c1-10-2-3-13(19)7-15(10)23-17-14(4-5-21-17)16(22-23)11-6-12(18)9-20-8-11/h2-3,6-9,21H,4-5H2,1H3. The predicted octanol–water partition coefficient (Wildman–Crippen LogP) is 4.63. The van der Waals surface area contributed by atoms with E-state index in [2.05, 4.69) is 33.2 Å². The third-order valence-electron chi connectivity index (χ3n) is 4.03. The Bertz CT molecular complexity index is 904. The van der Waals surface area contributed by atoms with Gasteiger partial charge in [-0.3, -0.25) is 4.98 Å². The molecule has 1 aliphatic heterocycles. The molecule has 0 bridgehead atoms. The van der Waals surface area contributed by atoms with Crippen LogP contribution < -0.4 is 5.32 Å². The molecule has 6 heteroatoms. The van der Waals surface area contributed by atoms with Gasteiger partial charge >= 0.3 is 0 Å². The van der Waals surface area contributed by atoms with Crippen LogP contribution in [0.4, 0.5) is 5.82 Å². The molecule has 3 aromatic rings. The topological polar surface area (TPSA) is 42.7 Å². The quantitative estimate of drug-likeness (QED) is 0.695. The maximum Gasteiger partial charge on any atom is 0.133 e. The zero-order valence-electron chi connectivity index (χ0n) is 12.5. The number of pyridine rings is 1. The van der Waals surface area contributed by atoms with Crippen molar-refractivity contribution in [2.45, 2.75) is 13.3 Å². The van der Waals surface area contributed by atoms with E-state index < -0.39 is 0 Å². The van der Waals surface area contributed by atoms with Gasteiger partial charge in [0.1, 0.15) is 5.82 Å². The summed E-state index contributed by atoms with van der Waals surface area (Å²) in [5, 5.41) is 9.00. The van der Waals surface area contributed by atoms with E-state index in [9.17, 15) is 0 Å². The first-order valence-electron chi connectivity index (χ1n) is 7.37. The lowest BCUT2D eigenvalue weighted by molar-refractivity contribution is 0.875. The van der Waals surface area contributed by atoms with Crippen LogP contribution in [0.5, 0.6) is 0 Å². The fourth-order valence-corrected chi connectivity index (χ4v) is 3.46. The van der Waals surface area contributed by atoms with Crippen molar-refractivity contribution in [1.82, 2.24) is 14.8 Å². The highest BCUT2D eigenvalue weighted by Gasteiger charge is 2.24. The molecule has 0 spiro atoms. The number of aromatic nitrogens is 3. The van der Waals surface area contributed by atoms with Crippen molar-refractivity contribution in [1.29, 1.82) is 0 Å². The van der Waals surface area contributed by atoms with Gasteiger partial charge in [0.15, 0.2) is 0 Å². The predicted molar refractivity (Wildman–Crippen MR) is 96.4 cm³/mol. The highest BCUT2D eigenvalue weighted by atomic mass is 79.9. The third-order valence-corrected chi connectivity index (χ3v) is 4.70. The summed E-state index contributed by atoms with van der Waals surface area (Å²) < 4.78 is 2.91. The lowest BCUT2D eigenvalue weighted by atomic mass is 10.1. The molecular weight excluding hydrogens is 376 g/mol. The lowest BCUT2D eigenvalue weighted by Gasteiger charge is -2.10. The Hall–Kier alpha value is -1.85. The zero-order valence-corrected chi connectivity index (χ0v) is 14.8. The van der Waals surface area contributed by atoms with Crippen LogP contribution >= 0.6 is 27.5 Å². The summed E-state index contributed by atoms with van der Waals surface area (Å²) in [7, 11) is 0. The smallest absolute Gasteiger partial charge is 0.133 e. The molecule has 0 saturated carbocycles. The molecule has 0 saturated heterocycles. The number of nitrogens with zero attached hydrogens (tertiary/aromatic N) is 3. The molecule has 0 fully saturated rings. The van der Waals surface area contributed by atoms with Gasteiger partial charge in [-0.05, 0) is 53.0 Å². The summed E-state index contributed by atoms with van der Waals surface area (Å²) in [6.07, 6.45) is 4.58. The number of hydrogen-bond donors (Lipinski definition) is 1.